The summed E-state index contributed by atoms with van der Waals surface area (Å²) in [5.41, 5.74) is -1.49. The summed E-state index contributed by atoms with van der Waals surface area (Å²) in [6.45, 7) is 5.09. The summed E-state index contributed by atoms with van der Waals surface area (Å²) in [7, 11) is 0. The Morgan fingerprint density at radius 1 is 1.31 bits per heavy atom. The highest BCUT2D eigenvalue weighted by molar-refractivity contribution is 5.63. The monoisotopic (exact) mass is 230 g/mol. The van der Waals surface area contributed by atoms with E-state index in [9.17, 15) is 18.9 Å². The Morgan fingerprint density at radius 3 is 2.31 bits per heavy atom. The van der Waals surface area contributed by atoms with Crippen molar-refractivity contribution >= 4 is 11.4 Å². The van der Waals surface area contributed by atoms with Crippen molar-refractivity contribution in [2.75, 3.05) is 5.32 Å². The summed E-state index contributed by atoms with van der Waals surface area (Å²) in [5.74, 6) is -2.35. The van der Waals surface area contributed by atoms with Crippen molar-refractivity contribution in [2.45, 2.75) is 26.3 Å². The van der Waals surface area contributed by atoms with Gasteiger partial charge >= 0.3 is 0 Å². The average molecular weight is 230 g/mol. The third-order valence-electron chi connectivity index (χ3n) is 1.77. The van der Waals surface area contributed by atoms with Crippen LogP contribution in [0.1, 0.15) is 20.8 Å². The van der Waals surface area contributed by atoms with Crippen LogP contribution in [0.3, 0.4) is 0 Å². The van der Waals surface area contributed by atoms with Crippen LogP contribution in [-0.4, -0.2) is 10.5 Å². The number of nitro groups is 1. The van der Waals surface area contributed by atoms with Gasteiger partial charge in [-0.15, -0.1) is 0 Å². The average Bonchev–Trinajstić information content (AvgIpc) is 2.10. The Labute approximate surface area is 91.4 Å². The number of nitrogens with one attached hydrogen (secondary N) is 1. The molecule has 0 aromatic heterocycles. The first-order valence-corrected chi connectivity index (χ1v) is 4.63. The minimum Gasteiger partial charge on any atom is -0.372 e. The van der Waals surface area contributed by atoms with Crippen LogP contribution in [-0.2, 0) is 0 Å². The largest absolute Gasteiger partial charge is 0.372 e. The first kappa shape index (κ1) is 12.4. The fourth-order valence-corrected chi connectivity index (χ4v) is 1.19. The molecule has 88 valence electrons. The van der Waals surface area contributed by atoms with E-state index in [-0.39, 0.29) is 0 Å². The smallest absolute Gasteiger partial charge is 0.295 e. The van der Waals surface area contributed by atoms with E-state index in [1.807, 2.05) is 0 Å². The van der Waals surface area contributed by atoms with Gasteiger partial charge in [-0.1, -0.05) is 0 Å². The number of anilines is 1. The minimum atomic E-state index is -1.23. The Hall–Kier alpha value is -1.72. The molecule has 4 nitrogen and oxygen atoms in total. The molecule has 0 heterocycles. The highest BCUT2D eigenvalue weighted by atomic mass is 19.2. The number of halogens is 2. The molecule has 0 aliphatic rings. The second kappa shape index (κ2) is 4.03. The summed E-state index contributed by atoms with van der Waals surface area (Å²) in [4.78, 5) is 9.89. The molecular weight excluding hydrogens is 218 g/mol. The van der Waals surface area contributed by atoms with Gasteiger partial charge in [0.05, 0.1) is 4.92 Å². The van der Waals surface area contributed by atoms with E-state index >= 15 is 0 Å². The second-order valence-electron chi connectivity index (χ2n) is 4.39. The van der Waals surface area contributed by atoms with Crippen molar-refractivity contribution < 1.29 is 13.7 Å². The van der Waals surface area contributed by atoms with Gasteiger partial charge in [-0.25, -0.2) is 8.78 Å². The fraction of sp³-hybridized carbons (Fsp3) is 0.400. The number of benzene rings is 1. The molecule has 1 N–H and O–H groups in total. The van der Waals surface area contributed by atoms with Gasteiger partial charge in [0.1, 0.15) is 0 Å². The Kier molecular flexibility index (Phi) is 3.11. The predicted molar refractivity (Wildman–Crippen MR) is 56.4 cm³/mol. The van der Waals surface area contributed by atoms with E-state index in [0.717, 1.165) is 12.1 Å². The van der Waals surface area contributed by atoms with E-state index in [1.54, 1.807) is 20.8 Å². The summed E-state index contributed by atoms with van der Waals surface area (Å²) in [6.07, 6.45) is 0. The zero-order valence-electron chi connectivity index (χ0n) is 9.17. The molecule has 0 radical (unpaired) electrons. The lowest BCUT2D eigenvalue weighted by molar-refractivity contribution is -0.384. The molecular formula is C10H12F2N2O2. The molecule has 0 spiro atoms. The van der Waals surface area contributed by atoms with Gasteiger partial charge in [0, 0.05) is 11.6 Å². The maximum absolute atomic E-state index is 13.4. The number of nitrogens with zero attached hydrogens (tertiary/aromatic N) is 1. The SMILES string of the molecule is CC(C)(C)Nc1c([N+](=O)[O-])ccc(F)c1F. The molecule has 0 unspecified atom stereocenters. The molecule has 1 aromatic carbocycles. The first-order valence-electron chi connectivity index (χ1n) is 4.63. The van der Waals surface area contributed by atoms with Crippen LogP contribution in [0.15, 0.2) is 12.1 Å². The fourth-order valence-electron chi connectivity index (χ4n) is 1.19. The first-order chi connectivity index (χ1) is 7.22. The van der Waals surface area contributed by atoms with Crippen molar-refractivity contribution in [3.05, 3.63) is 33.9 Å². The van der Waals surface area contributed by atoms with Gasteiger partial charge in [-0.3, -0.25) is 10.1 Å². The van der Waals surface area contributed by atoms with E-state index in [0.29, 0.717) is 0 Å². The Bertz CT molecular complexity index is 428. The van der Waals surface area contributed by atoms with E-state index in [2.05, 4.69) is 5.32 Å². The highest BCUT2D eigenvalue weighted by Crippen LogP contribution is 2.31. The molecule has 0 saturated heterocycles. The number of hydrogen-bond acceptors (Lipinski definition) is 3. The summed E-state index contributed by atoms with van der Waals surface area (Å²) in [5, 5.41) is 13.2. The molecule has 0 bridgehead atoms. The summed E-state index contributed by atoms with van der Waals surface area (Å²) >= 11 is 0. The highest BCUT2D eigenvalue weighted by Gasteiger charge is 2.24. The third-order valence-corrected chi connectivity index (χ3v) is 1.77. The molecule has 1 rings (SSSR count). The van der Waals surface area contributed by atoms with Gasteiger partial charge in [0.15, 0.2) is 17.3 Å². The van der Waals surface area contributed by atoms with Crippen molar-refractivity contribution in [3.63, 3.8) is 0 Å². The standard InChI is InChI=1S/C10H12F2N2O2/c1-10(2,3)13-9-7(14(15)16)5-4-6(11)8(9)12/h4-5,13H,1-3H3. The minimum absolute atomic E-state index is 0.419. The van der Waals surface area contributed by atoms with Crippen molar-refractivity contribution in [3.8, 4) is 0 Å². The molecule has 0 aliphatic heterocycles. The van der Waals surface area contributed by atoms with Crippen LogP contribution < -0.4 is 5.32 Å². The van der Waals surface area contributed by atoms with Crippen LogP contribution in [0, 0.1) is 21.7 Å². The predicted octanol–water partition coefficient (Wildman–Crippen LogP) is 3.08. The number of rotatable bonds is 2. The lowest BCUT2D eigenvalue weighted by Gasteiger charge is -2.22. The normalized spacial score (nSPS) is 11.3. The molecule has 16 heavy (non-hydrogen) atoms. The number of hydrogen-bond donors (Lipinski definition) is 1. The van der Waals surface area contributed by atoms with E-state index in [1.165, 1.54) is 0 Å². The summed E-state index contributed by atoms with van der Waals surface area (Å²) < 4.78 is 26.4. The third kappa shape index (κ3) is 2.65. The Balaban J connectivity index is 3.32. The van der Waals surface area contributed by atoms with Crippen molar-refractivity contribution in [2.24, 2.45) is 0 Å². The molecule has 0 amide bonds. The van der Waals surface area contributed by atoms with Crippen LogP contribution in [0.2, 0.25) is 0 Å². The van der Waals surface area contributed by atoms with Crippen LogP contribution in [0.5, 0.6) is 0 Å². The van der Waals surface area contributed by atoms with Crippen molar-refractivity contribution in [1.82, 2.24) is 0 Å². The Morgan fingerprint density at radius 2 is 1.88 bits per heavy atom. The van der Waals surface area contributed by atoms with Gasteiger partial charge in [0.2, 0.25) is 0 Å². The van der Waals surface area contributed by atoms with Crippen molar-refractivity contribution in [1.29, 1.82) is 0 Å². The quantitative estimate of drug-likeness (QED) is 0.627. The zero-order valence-corrected chi connectivity index (χ0v) is 9.17. The molecule has 0 saturated carbocycles. The maximum Gasteiger partial charge on any atom is 0.295 e. The molecule has 0 fully saturated rings. The van der Waals surface area contributed by atoms with E-state index < -0.39 is 33.5 Å². The zero-order chi connectivity index (χ0) is 12.5. The van der Waals surface area contributed by atoms with Crippen LogP contribution in [0.4, 0.5) is 20.2 Å². The second-order valence-corrected chi connectivity index (χ2v) is 4.39. The van der Waals surface area contributed by atoms with Gasteiger partial charge < -0.3 is 5.32 Å². The van der Waals surface area contributed by atoms with E-state index in [4.69, 9.17) is 0 Å². The summed E-state index contributed by atoms with van der Waals surface area (Å²) in [6, 6.07) is 1.67. The topological polar surface area (TPSA) is 55.2 Å². The van der Waals surface area contributed by atoms with Crippen LogP contribution in [0.25, 0.3) is 0 Å². The maximum atomic E-state index is 13.4. The van der Waals surface area contributed by atoms with Gasteiger partial charge in [0.25, 0.3) is 5.69 Å². The molecule has 0 aliphatic carbocycles. The van der Waals surface area contributed by atoms with Gasteiger partial charge in [-0.05, 0) is 26.8 Å². The molecule has 1 aromatic rings. The lowest BCUT2D eigenvalue weighted by atomic mass is 10.1. The molecule has 6 heteroatoms. The van der Waals surface area contributed by atoms with Crippen LogP contribution >= 0.6 is 0 Å². The molecule has 0 atom stereocenters. The van der Waals surface area contributed by atoms with Gasteiger partial charge in [-0.2, -0.15) is 0 Å². The number of nitro benzene ring substituents is 1. The lowest BCUT2D eigenvalue weighted by Crippen LogP contribution is -2.27.